The maximum absolute atomic E-state index is 11.6. The first-order valence-electron chi connectivity index (χ1n) is 6.77. The van der Waals surface area contributed by atoms with E-state index in [9.17, 15) is 15.0 Å². The zero-order valence-electron chi connectivity index (χ0n) is 11.8. The molecule has 22 heavy (non-hydrogen) atoms. The Hall–Kier alpha value is -1.41. The number of phenols is 1. The van der Waals surface area contributed by atoms with E-state index in [1.165, 1.54) is 11.8 Å². The van der Waals surface area contributed by atoms with Crippen LogP contribution in [0, 0.1) is 0 Å². The van der Waals surface area contributed by atoms with Gasteiger partial charge in [-0.15, -0.1) is 24.2 Å². The van der Waals surface area contributed by atoms with Gasteiger partial charge in [0.15, 0.2) is 6.04 Å². The first-order valence-corrected chi connectivity index (χ1v) is 7.75. The summed E-state index contributed by atoms with van der Waals surface area (Å²) >= 11 is 1.51. The van der Waals surface area contributed by atoms with E-state index in [2.05, 4.69) is 5.43 Å². The van der Waals surface area contributed by atoms with E-state index >= 15 is 0 Å². The Kier molecular flexibility index (Phi) is 5.23. The monoisotopic (exact) mass is 343 g/mol. The smallest absolute Gasteiger partial charge is 0.328 e. The van der Waals surface area contributed by atoms with Crippen LogP contribution >= 0.6 is 24.2 Å². The van der Waals surface area contributed by atoms with E-state index in [-0.39, 0.29) is 18.2 Å². The Morgan fingerprint density at radius 3 is 2.95 bits per heavy atom. The standard InChI is InChI=1S/C14H17N3O3S.ClH/c15-4-1-5-17-12(14(19)20)13-11(16-17)10-3-2-9(18)6-8(10)7-21-13;/h2-3,6,12,16,18H,1,4-5,7,15H2,(H,19,20);1H. The number of benzene rings is 1. The van der Waals surface area contributed by atoms with Crippen LogP contribution in [0.15, 0.2) is 23.1 Å². The second-order valence-electron chi connectivity index (χ2n) is 5.06. The molecule has 5 N–H and O–H groups in total. The Labute approximate surface area is 138 Å². The molecule has 0 saturated carbocycles. The van der Waals surface area contributed by atoms with Crippen LogP contribution in [0.1, 0.15) is 17.5 Å². The number of halogens is 1. The van der Waals surface area contributed by atoms with Gasteiger partial charge in [0.2, 0.25) is 0 Å². The number of hydrogen-bond donors (Lipinski definition) is 4. The molecule has 0 spiro atoms. The molecule has 3 rings (SSSR count). The minimum Gasteiger partial charge on any atom is -0.508 e. The van der Waals surface area contributed by atoms with Crippen molar-refractivity contribution in [1.29, 1.82) is 0 Å². The van der Waals surface area contributed by atoms with E-state index in [1.807, 2.05) is 6.07 Å². The third-order valence-electron chi connectivity index (χ3n) is 3.64. The average Bonchev–Trinajstić information content (AvgIpc) is 2.83. The molecule has 0 radical (unpaired) electrons. The number of fused-ring (bicyclic) bond motifs is 2. The third-order valence-corrected chi connectivity index (χ3v) is 4.83. The van der Waals surface area contributed by atoms with Crippen LogP contribution in [0.4, 0.5) is 0 Å². The van der Waals surface area contributed by atoms with Crippen LogP contribution in [0.2, 0.25) is 0 Å². The lowest BCUT2D eigenvalue weighted by Crippen LogP contribution is -2.44. The van der Waals surface area contributed by atoms with Gasteiger partial charge in [-0.2, -0.15) is 0 Å². The predicted molar refractivity (Wildman–Crippen MR) is 88.5 cm³/mol. The first-order chi connectivity index (χ1) is 10.1. The van der Waals surface area contributed by atoms with Gasteiger partial charge in [0, 0.05) is 22.8 Å². The molecule has 0 aromatic heterocycles. The van der Waals surface area contributed by atoms with Crippen molar-refractivity contribution < 1.29 is 15.0 Å². The number of nitrogens with two attached hydrogens (primary N) is 1. The number of hydrogen-bond acceptors (Lipinski definition) is 6. The highest BCUT2D eigenvalue weighted by Crippen LogP contribution is 2.43. The second kappa shape index (κ2) is 6.78. The number of rotatable bonds is 4. The molecule has 2 aliphatic heterocycles. The van der Waals surface area contributed by atoms with Gasteiger partial charge >= 0.3 is 5.97 Å². The van der Waals surface area contributed by atoms with Crippen LogP contribution in [0.5, 0.6) is 5.75 Å². The number of carboxylic acid groups (broad SMARTS) is 1. The van der Waals surface area contributed by atoms with Crippen molar-refractivity contribution in [2.75, 3.05) is 13.1 Å². The van der Waals surface area contributed by atoms with Gasteiger partial charge in [0.1, 0.15) is 5.75 Å². The number of nitrogens with zero attached hydrogens (tertiary/aromatic N) is 1. The second-order valence-corrected chi connectivity index (χ2v) is 6.07. The van der Waals surface area contributed by atoms with Gasteiger partial charge in [-0.25, -0.2) is 5.01 Å². The summed E-state index contributed by atoms with van der Waals surface area (Å²) in [6, 6.07) is 4.52. The molecule has 0 fully saturated rings. The summed E-state index contributed by atoms with van der Waals surface area (Å²) in [5, 5.41) is 20.8. The quantitative estimate of drug-likeness (QED) is 0.655. The van der Waals surface area contributed by atoms with E-state index in [4.69, 9.17) is 5.73 Å². The molecule has 0 aliphatic carbocycles. The highest BCUT2D eigenvalue weighted by Gasteiger charge is 2.40. The van der Waals surface area contributed by atoms with Crippen LogP contribution in [-0.4, -0.2) is 40.3 Å². The molecule has 2 heterocycles. The maximum atomic E-state index is 11.6. The number of hydrazine groups is 1. The Balaban J connectivity index is 0.00000176. The molecule has 120 valence electrons. The highest BCUT2D eigenvalue weighted by atomic mass is 35.5. The lowest BCUT2D eigenvalue weighted by molar-refractivity contribution is -0.141. The fourth-order valence-electron chi connectivity index (χ4n) is 2.68. The zero-order valence-corrected chi connectivity index (χ0v) is 13.4. The van der Waals surface area contributed by atoms with Gasteiger partial charge in [0.05, 0.1) is 5.70 Å². The summed E-state index contributed by atoms with van der Waals surface area (Å²) in [6.07, 6.45) is 0.727. The molecule has 0 amide bonds. The molecule has 1 aromatic rings. The van der Waals surface area contributed by atoms with Crippen molar-refractivity contribution in [3.63, 3.8) is 0 Å². The molecule has 1 aromatic carbocycles. The number of nitrogens with one attached hydrogen (secondary N) is 1. The van der Waals surface area contributed by atoms with E-state index in [1.54, 1.807) is 17.1 Å². The number of aromatic hydroxyl groups is 1. The van der Waals surface area contributed by atoms with Crippen LogP contribution in [0.3, 0.4) is 0 Å². The number of phenolic OH excluding ortho intramolecular Hbond substituents is 1. The fraction of sp³-hybridized carbons (Fsp3) is 0.357. The normalized spacial score (nSPS) is 20.0. The van der Waals surface area contributed by atoms with E-state index < -0.39 is 12.0 Å². The van der Waals surface area contributed by atoms with Crippen molar-refractivity contribution >= 4 is 35.8 Å². The molecule has 1 unspecified atom stereocenters. The predicted octanol–water partition coefficient (Wildman–Crippen LogP) is 1.35. The van der Waals surface area contributed by atoms with Crippen LogP contribution in [-0.2, 0) is 10.5 Å². The number of carbonyl (C=O) groups is 1. The maximum Gasteiger partial charge on any atom is 0.328 e. The van der Waals surface area contributed by atoms with Gasteiger partial charge in [-0.05, 0) is 36.7 Å². The largest absolute Gasteiger partial charge is 0.508 e. The van der Waals surface area contributed by atoms with Crippen LogP contribution in [0.25, 0.3) is 5.70 Å². The van der Waals surface area contributed by atoms with E-state index in [0.29, 0.717) is 18.8 Å². The molecule has 0 saturated heterocycles. The summed E-state index contributed by atoms with van der Waals surface area (Å²) in [7, 11) is 0. The molecule has 8 heteroatoms. The van der Waals surface area contributed by atoms with Crippen molar-refractivity contribution in [3.8, 4) is 5.75 Å². The van der Waals surface area contributed by atoms with Gasteiger partial charge in [-0.3, -0.25) is 4.79 Å². The number of carboxylic acids is 1. The van der Waals surface area contributed by atoms with Crippen molar-refractivity contribution in [3.05, 3.63) is 34.2 Å². The fourth-order valence-corrected chi connectivity index (χ4v) is 3.91. The van der Waals surface area contributed by atoms with Gasteiger partial charge < -0.3 is 21.4 Å². The molecular formula is C14H18ClN3O3S. The Morgan fingerprint density at radius 1 is 1.50 bits per heavy atom. The summed E-state index contributed by atoms with van der Waals surface area (Å²) in [5.74, 6) is 0.0316. The molecule has 6 nitrogen and oxygen atoms in total. The third kappa shape index (κ3) is 2.89. The van der Waals surface area contributed by atoms with Gasteiger partial charge in [-0.1, -0.05) is 0 Å². The minimum absolute atomic E-state index is 0. The molecule has 0 bridgehead atoms. The SMILES string of the molecule is Cl.NCCCN1NC2=C(SCc3cc(O)ccc32)C1C(=O)O. The topological polar surface area (TPSA) is 98.8 Å². The first kappa shape index (κ1) is 17.0. The number of thioether (sulfide) groups is 1. The van der Waals surface area contributed by atoms with Gasteiger partial charge in [0.25, 0.3) is 0 Å². The lowest BCUT2D eigenvalue weighted by atomic mass is 10.0. The summed E-state index contributed by atoms with van der Waals surface area (Å²) in [4.78, 5) is 12.4. The van der Waals surface area contributed by atoms with Crippen molar-refractivity contribution in [1.82, 2.24) is 10.4 Å². The molecule has 2 aliphatic rings. The Morgan fingerprint density at radius 2 is 2.27 bits per heavy atom. The summed E-state index contributed by atoms with van der Waals surface area (Å²) in [5.41, 5.74) is 11.5. The average molecular weight is 344 g/mol. The van der Waals surface area contributed by atoms with Crippen molar-refractivity contribution in [2.24, 2.45) is 5.73 Å². The Bertz CT molecular complexity index is 623. The van der Waals surface area contributed by atoms with Crippen molar-refractivity contribution in [2.45, 2.75) is 18.2 Å². The zero-order chi connectivity index (χ0) is 15.0. The summed E-state index contributed by atoms with van der Waals surface area (Å²) < 4.78 is 0. The number of aliphatic carboxylic acids is 1. The summed E-state index contributed by atoms with van der Waals surface area (Å²) in [6.45, 7) is 1.10. The molecule has 1 atom stereocenters. The minimum atomic E-state index is -0.862. The molecular weight excluding hydrogens is 326 g/mol. The van der Waals surface area contributed by atoms with Crippen LogP contribution < -0.4 is 11.2 Å². The lowest BCUT2D eigenvalue weighted by Gasteiger charge is -2.22. The van der Waals surface area contributed by atoms with E-state index in [0.717, 1.165) is 28.1 Å². The highest BCUT2D eigenvalue weighted by molar-refractivity contribution is 8.02.